The molecule has 10 N–H and O–H groups in total. The molecule has 0 saturated heterocycles. The highest BCUT2D eigenvalue weighted by molar-refractivity contribution is 5.73. The molecule has 0 radical (unpaired) electrons. The number of aliphatic hydroxyl groups is 1. The van der Waals surface area contributed by atoms with Crippen molar-refractivity contribution in [3.8, 4) is 0 Å². The summed E-state index contributed by atoms with van der Waals surface area (Å²) in [5, 5.41) is 17.3. The molecule has 0 rings (SSSR count). The number of hydrogen-bond donors (Lipinski definition) is 7. The Morgan fingerprint density at radius 3 is 1.84 bits per heavy atom. The highest BCUT2D eigenvalue weighted by Gasteiger charge is 2.09. The minimum Gasteiger partial charge on any atom is -0.395 e. The van der Waals surface area contributed by atoms with Crippen molar-refractivity contribution in [2.45, 2.75) is 0 Å². The Morgan fingerprint density at radius 2 is 1.28 bits per heavy atom. The van der Waals surface area contributed by atoms with E-state index < -0.39 is 0 Å². The van der Waals surface area contributed by atoms with Gasteiger partial charge in [0.15, 0.2) is 0 Å². The number of nitrogens with one attached hydrogen (secondary N) is 3. The number of carbonyl (C=O) groups excluding carboxylic acids is 1. The maximum Gasteiger partial charge on any atom is 0.314 e. The monoisotopic (exact) mass is 362 g/mol. The van der Waals surface area contributed by atoms with E-state index in [1.807, 2.05) is 0 Å². The zero-order valence-electron chi connectivity index (χ0n) is 15.4. The molecule has 0 bridgehead atoms. The van der Waals surface area contributed by atoms with Crippen LogP contribution in [0.4, 0.5) is 4.79 Å². The normalized spacial score (nSPS) is 11.3. The first-order chi connectivity index (χ1) is 12.2. The molecule has 2 amide bonds. The first kappa shape index (κ1) is 24.0. The molecule has 0 fully saturated rings. The van der Waals surface area contributed by atoms with Crippen molar-refractivity contribution in [2.75, 3.05) is 91.7 Å². The van der Waals surface area contributed by atoms with Crippen molar-refractivity contribution < 1.29 is 9.90 Å². The zero-order valence-corrected chi connectivity index (χ0v) is 15.4. The maximum absolute atomic E-state index is 11.5. The van der Waals surface area contributed by atoms with Gasteiger partial charge < -0.3 is 38.3 Å². The van der Waals surface area contributed by atoms with E-state index in [1.165, 1.54) is 0 Å². The summed E-state index contributed by atoms with van der Waals surface area (Å²) in [6.45, 7) is 9.28. The molecule has 0 unspecified atom stereocenters. The first-order valence-electron chi connectivity index (χ1n) is 9.06. The number of nitrogens with two attached hydrogens (primary N) is 3. The Morgan fingerprint density at radius 1 is 0.720 bits per heavy atom. The van der Waals surface area contributed by atoms with Gasteiger partial charge in [-0.05, 0) is 0 Å². The Labute approximate surface area is 151 Å². The summed E-state index contributed by atoms with van der Waals surface area (Å²) in [5.41, 5.74) is 16.8. The van der Waals surface area contributed by atoms with E-state index in [4.69, 9.17) is 22.3 Å². The molecule has 10 nitrogen and oxygen atoms in total. The fourth-order valence-electron chi connectivity index (χ4n) is 2.34. The highest BCUT2D eigenvalue weighted by atomic mass is 16.3. The molecule has 10 heteroatoms. The molecule has 0 saturated carbocycles. The lowest BCUT2D eigenvalue weighted by Crippen LogP contribution is -2.45. The number of nitrogens with zero attached hydrogens (tertiary/aromatic N) is 2. The van der Waals surface area contributed by atoms with Crippen LogP contribution in [-0.4, -0.2) is 113 Å². The first-order valence-corrected chi connectivity index (χ1v) is 9.06. The van der Waals surface area contributed by atoms with Gasteiger partial charge in [0.25, 0.3) is 0 Å². The number of rotatable bonds is 17. The van der Waals surface area contributed by atoms with Crippen molar-refractivity contribution in [2.24, 2.45) is 17.2 Å². The van der Waals surface area contributed by atoms with Crippen LogP contribution in [0.3, 0.4) is 0 Å². The van der Waals surface area contributed by atoms with Crippen molar-refractivity contribution in [1.82, 2.24) is 25.8 Å². The van der Waals surface area contributed by atoms with Gasteiger partial charge in [0.1, 0.15) is 0 Å². The predicted octanol–water partition coefficient (Wildman–Crippen LogP) is -3.65. The lowest BCUT2D eigenvalue weighted by atomic mass is 10.3. The number of amides is 2. The van der Waals surface area contributed by atoms with Crippen LogP contribution in [0.25, 0.3) is 0 Å². The predicted molar refractivity (Wildman–Crippen MR) is 101 cm³/mol. The summed E-state index contributed by atoms with van der Waals surface area (Å²) in [6.07, 6.45) is 0. The molecule has 0 aromatic rings. The van der Waals surface area contributed by atoms with E-state index in [9.17, 15) is 4.79 Å². The van der Waals surface area contributed by atoms with Gasteiger partial charge in [0.2, 0.25) is 0 Å². The summed E-state index contributed by atoms with van der Waals surface area (Å²) in [6, 6.07) is -0.261. The van der Waals surface area contributed by atoms with Crippen molar-refractivity contribution in [3.63, 3.8) is 0 Å². The fraction of sp³-hybridized carbons (Fsp3) is 0.933. The van der Waals surface area contributed by atoms with Crippen LogP contribution in [0.1, 0.15) is 0 Å². The van der Waals surface area contributed by atoms with Gasteiger partial charge in [-0.1, -0.05) is 0 Å². The van der Waals surface area contributed by atoms with Crippen molar-refractivity contribution in [1.29, 1.82) is 0 Å². The molecule has 0 aliphatic rings. The minimum absolute atomic E-state index is 0.0650. The van der Waals surface area contributed by atoms with E-state index in [2.05, 4.69) is 25.8 Å². The number of aliphatic hydroxyl groups excluding tert-OH is 1. The smallest absolute Gasteiger partial charge is 0.314 e. The van der Waals surface area contributed by atoms with Crippen molar-refractivity contribution in [3.05, 3.63) is 0 Å². The van der Waals surface area contributed by atoms with Gasteiger partial charge in [0, 0.05) is 85.1 Å². The fourth-order valence-corrected chi connectivity index (χ4v) is 2.34. The van der Waals surface area contributed by atoms with Gasteiger partial charge in [-0.2, -0.15) is 0 Å². The Bertz CT molecular complexity index is 303. The Kier molecular flexibility index (Phi) is 17.1. The van der Waals surface area contributed by atoms with Gasteiger partial charge >= 0.3 is 6.03 Å². The number of carbonyl (C=O) groups is 1. The average Bonchev–Trinajstić information content (AvgIpc) is 2.61. The third kappa shape index (κ3) is 15.0. The van der Waals surface area contributed by atoms with Crippen LogP contribution in [0, 0.1) is 0 Å². The second kappa shape index (κ2) is 17.8. The standard InChI is InChI=1S/C15H38N8O2/c16-1-4-19-5-10-23(11-6-20-15(25)21-7-14-24)13-12-22(8-2-17)9-3-18/h19,24H,1-14,16-18H2,(H2,20,21,25). The summed E-state index contributed by atoms with van der Waals surface area (Å²) >= 11 is 0. The molecule has 0 aliphatic carbocycles. The Hall–Kier alpha value is -1.01. The van der Waals surface area contributed by atoms with Crippen LogP contribution in [0.2, 0.25) is 0 Å². The minimum atomic E-state index is -0.261. The summed E-state index contributed by atoms with van der Waals surface area (Å²) in [5.74, 6) is 0. The summed E-state index contributed by atoms with van der Waals surface area (Å²) in [7, 11) is 0. The van der Waals surface area contributed by atoms with E-state index >= 15 is 0 Å². The van der Waals surface area contributed by atoms with Crippen LogP contribution in [0.15, 0.2) is 0 Å². The summed E-state index contributed by atoms with van der Waals surface area (Å²) < 4.78 is 0. The Balaban J connectivity index is 4.21. The van der Waals surface area contributed by atoms with Crippen LogP contribution >= 0.6 is 0 Å². The lowest BCUT2D eigenvalue weighted by molar-refractivity contribution is 0.206. The molecule has 0 aromatic heterocycles. The third-order valence-corrected chi connectivity index (χ3v) is 3.66. The molecule has 0 heterocycles. The molecule has 0 aliphatic heterocycles. The van der Waals surface area contributed by atoms with Crippen LogP contribution in [-0.2, 0) is 0 Å². The molecule has 150 valence electrons. The maximum atomic E-state index is 11.5. The molecule has 0 aromatic carbocycles. The van der Waals surface area contributed by atoms with Gasteiger partial charge in [-0.15, -0.1) is 0 Å². The molecular weight excluding hydrogens is 324 g/mol. The largest absolute Gasteiger partial charge is 0.395 e. The van der Waals surface area contributed by atoms with Crippen LogP contribution in [0.5, 0.6) is 0 Å². The van der Waals surface area contributed by atoms with Gasteiger partial charge in [0.05, 0.1) is 6.61 Å². The van der Waals surface area contributed by atoms with Crippen molar-refractivity contribution >= 4 is 6.03 Å². The third-order valence-electron chi connectivity index (χ3n) is 3.66. The molecule has 0 atom stereocenters. The average molecular weight is 363 g/mol. The SMILES string of the molecule is NCCNCCN(CCNC(=O)NCCO)CCN(CCN)CCN. The second-order valence-electron chi connectivity index (χ2n) is 5.71. The lowest BCUT2D eigenvalue weighted by Gasteiger charge is -2.27. The number of urea groups is 1. The number of hydrogen-bond acceptors (Lipinski definition) is 8. The highest BCUT2D eigenvalue weighted by Crippen LogP contribution is 1.92. The van der Waals surface area contributed by atoms with E-state index in [-0.39, 0.29) is 19.2 Å². The van der Waals surface area contributed by atoms with Crippen LogP contribution < -0.4 is 33.2 Å². The second-order valence-corrected chi connectivity index (χ2v) is 5.71. The molecule has 0 spiro atoms. The van der Waals surface area contributed by atoms with E-state index in [0.29, 0.717) is 26.2 Å². The summed E-state index contributed by atoms with van der Waals surface area (Å²) in [4.78, 5) is 16.0. The quantitative estimate of drug-likeness (QED) is 0.130. The topological polar surface area (TPSA) is 158 Å². The molecular formula is C15H38N8O2. The van der Waals surface area contributed by atoms with E-state index in [0.717, 1.165) is 52.4 Å². The van der Waals surface area contributed by atoms with Gasteiger partial charge in [-0.25, -0.2) is 4.79 Å². The van der Waals surface area contributed by atoms with Gasteiger partial charge in [-0.3, -0.25) is 9.80 Å². The zero-order chi connectivity index (χ0) is 18.8. The molecule has 25 heavy (non-hydrogen) atoms. The van der Waals surface area contributed by atoms with E-state index in [1.54, 1.807) is 0 Å².